The molecule has 0 bridgehead atoms. The van der Waals surface area contributed by atoms with Gasteiger partial charge in [0, 0.05) is 31.2 Å². The Bertz CT molecular complexity index is 196. The number of rotatable bonds is 5. The molecular weight excluding hydrogens is 200 g/mol. The molecule has 0 aromatic carbocycles. The van der Waals surface area contributed by atoms with Gasteiger partial charge in [0.2, 0.25) is 0 Å². The van der Waals surface area contributed by atoms with E-state index in [-0.39, 0.29) is 12.6 Å². The second kappa shape index (κ2) is 6.58. The van der Waals surface area contributed by atoms with Crippen molar-refractivity contribution >= 4 is 0 Å². The summed E-state index contributed by atoms with van der Waals surface area (Å²) in [5.74, 6) is 0.801. The summed E-state index contributed by atoms with van der Waals surface area (Å²) in [7, 11) is 0. The minimum atomic E-state index is 0.216. The van der Waals surface area contributed by atoms with Gasteiger partial charge in [-0.1, -0.05) is 20.8 Å². The van der Waals surface area contributed by atoms with E-state index in [0.29, 0.717) is 12.1 Å². The van der Waals surface area contributed by atoms with E-state index in [1.165, 1.54) is 19.4 Å². The maximum absolute atomic E-state index is 9.37. The van der Waals surface area contributed by atoms with Crippen molar-refractivity contribution in [1.29, 1.82) is 0 Å². The first kappa shape index (κ1) is 13.9. The molecule has 0 radical (unpaired) electrons. The Morgan fingerprint density at radius 3 is 2.56 bits per heavy atom. The molecule has 0 aromatic heterocycles. The van der Waals surface area contributed by atoms with Crippen molar-refractivity contribution < 1.29 is 5.11 Å². The van der Waals surface area contributed by atoms with Crippen LogP contribution in [0.5, 0.6) is 0 Å². The third-order valence-electron chi connectivity index (χ3n) is 3.49. The first-order chi connectivity index (χ1) is 7.52. The van der Waals surface area contributed by atoms with Crippen LogP contribution in [-0.2, 0) is 0 Å². The fourth-order valence-corrected chi connectivity index (χ4v) is 2.55. The highest BCUT2D eigenvalue weighted by Gasteiger charge is 2.24. The van der Waals surface area contributed by atoms with Crippen LogP contribution >= 0.6 is 0 Å². The van der Waals surface area contributed by atoms with Gasteiger partial charge in [-0.25, -0.2) is 0 Å². The molecule has 1 heterocycles. The van der Waals surface area contributed by atoms with Gasteiger partial charge in [-0.2, -0.15) is 0 Å². The van der Waals surface area contributed by atoms with Crippen LogP contribution in [0.4, 0.5) is 0 Å². The van der Waals surface area contributed by atoms with Gasteiger partial charge in [0.15, 0.2) is 0 Å². The lowest BCUT2D eigenvalue weighted by atomic mass is 9.94. The normalized spacial score (nSPS) is 29.6. The summed E-state index contributed by atoms with van der Waals surface area (Å²) in [5.41, 5.74) is 0. The van der Waals surface area contributed by atoms with Crippen molar-refractivity contribution in [3.63, 3.8) is 0 Å². The average Bonchev–Trinajstić information content (AvgIpc) is 2.21. The molecule has 1 rings (SSSR count). The van der Waals surface area contributed by atoms with Crippen LogP contribution in [0.2, 0.25) is 0 Å². The van der Waals surface area contributed by atoms with E-state index in [2.05, 4.69) is 37.9 Å². The number of likely N-dealkylation sites (tertiary alicyclic amines) is 1. The van der Waals surface area contributed by atoms with Crippen molar-refractivity contribution in [1.82, 2.24) is 10.2 Å². The molecule has 3 nitrogen and oxygen atoms in total. The van der Waals surface area contributed by atoms with E-state index in [1.807, 2.05) is 0 Å². The van der Waals surface area contributed by atoms with Crippen LogP contribution in [0, 0.1) is 5.92 Å². The molecule has 0 aromatic rings. The molecule has 0 spiro atoms. The fraction of sp³-hybridized carbons (Fsp3) is 1.00. The summed E-state index contributed by atoms with van der Waals surface area (Å²) in [6.07, 6.45) is 2.64. The molecule has 1 aliphatic rings. The van der Waals surface area contributed by atoms with E-state index in [1.54, 1.807) is 0 Å². The van der Waals surface area contributed by atoms with Crippen LogP contribution in [0.25, 0.3) is 0 Å². The second-order valence-corrected chi connectivity index (χ2v) is 5.69. The Morgan fingerprint density at radius 2 is 2.00 bits per heavy atom. The van der Waals surface area contributed by atoms with Gasteiger partial charge in [-0.05, 0) is 25.7 Å². The predicted octanol–water partition coefficient (Wildman–Crippen LogP) is 1.47. The van der Waals surface area contributed by atoms with Crippen LogP contribution < -0.4 is 5.32 Å². The molecule has 3 unspecified atom stereocenters. The largest absolute Gasteiger partial charge is 0.395 e. The molecule has 3 atom stereocenters. The fourth-order valence-electron chi connectivity index (χ4n) is 2.55. The molecule has 16 heavy (non-hydrogen) atoms. The molecule has 0 saturated carbocycles. The number of hydrogen-bond donors (Lipinski definition) is 2. The number of nitrogens with zero attached hydrogens (tertiary/aromatic N) is 1. The monoisotopic (exact) mass is 228 g/mol. The molecule has 0 aliphatic carbocycles. The van der Waals surface area contributed by atoms with Gasteiger partial charge in [0.25, 0.3) is 0 Å². The third-order valence-corrected chi connectivity index (χ3v) is 3.49. The number of nitrogens with one attached hydrogen (secondary N) is 1. The van der Waals surface area contributed by atoms with Crippen molar-refractivity contribution in [2.45, 2.75) is 58.7 Å². The number of hydrogen-bond acceptors (Lipinski definition) is 3. The van der Waals surface area contributed by atoms with Crippen molar-refractivity contribution in [3.8, 4) is 0 Å². The Kier molecular flexibility index (Phi) is 5.73. The van der Waals surface area contributed by atoms with E-state index in [9.17, 15) is 5.11 Å². The van der Waals surface area contributed by atoms with E-state index in [4.69, 9.17) is 0 Å². The smallest absolute Gasteiger partial charge is 0.0597 e. The zero-order valence-corrected chi connectivity index (χ0v) is 11.2. The van der Waals surface area contributed by atoms with Gasteiger partial charge in [-0.15, -0.1) is 0 Å². The molecule has 3 heteroatoms. The Balaban J connectivity index is 2.42. The van der Waals surface area contributed by atoms with E-state index < -0.39 is 0 Å². The summed E-state index contributed by atoms with van der Waals surface area (Å²) >= 11 is 0. The van der Waals surface area contributed by atoms with Gasteiger partial charge >= 0.3 is 0 Å². The number of piperidine rings is 1. The molecule has 1 saturated heterocycles. The van der Waals surface area contributed by atoms with E-state index in [0.717, 1.165) is 12.5 Å². The zero-order chi connectivity index (χ0) is 12.1. The summed E-state index contributed by atoms with van der Waals surface area (Å²) in [4.78, 5) is 2.52. The second-order valence-electron chi connectivity index (χ2n) is 5.69. The summed E-state index contributed by atoms with van der Waals surface area (Å²) in [6.45, 7) is 11.3. The molecule has 1 fully saturated rings. The van der Waals surface area contributed by atoms with Crippen molar-refractivity contribution in [2.24, 2.45) is 5.92 Å². The van der Waals surface area contributed by atoms with Gasteiger partial charge in [0.1, 0.15) is 0 Å². The van der Waals surface area contributed by atoms with Crippen molar-refractivity contribution in [2.75, 3.05) is 19.7 Å². The number of aliphatic hydroxyl groups is 1. The van der Waals surface area contributed by atoms with Gasteiger partial charge in [0.05, 0.1) is 6.61 Å². The molecule has 0 amide bonds. The highest BCUT2D eigenvalue weighted by Crippen LogP contribution is 2.21. The minimum absolute atomic E-state index is 0.216. The summed E-state index contributed by atoms with van der Waals surface area (Å²) in [5, 5.41) is 12.8. The quantitative estimate of drug-likeness (QED) is 0.748. The number of aliphatic hydroxyl groups excluding tert-OH is 1. The Labute approximate surface area is 100 Å². The highest BCUT2D eigenvalue weighted by molar-refractivity contribution is 4.81. The molecular formula is C13H28N2O. The maximum atomic E-state index is 9.37. The highest BCUT2D eigenvalue weighted by atomic mass is 16.3. The average molecular weight is 228 g/mol. The lowest BCUT2D eigenvalue weighted by Gasteiger charge is -2.39. The molecule has 2 N–H and O–H groups in total. The van der Waals surface area contributed by atoms with Crippen LogP contribution in [0.15, 0.2) is 0 Å². The van der Waals surface area contributed by atoms with Gasteiger partial charge in [-0.3, -0.25) is 4.90 Å². The van der Waals surface area contributed by atoms with Crippen molar-refractivity contribution in [3.05, 3.63) is 0 Å². The zero-order valence-electron chi connectivity index (χ0n) is 11.2. The van der Waals surface area contributed by atoms with Crippen LogP contribution in [0.1, 0.15) is 40.5 Å². The lowest BCUT2D eigenvalue weighted by molar-refractivity contribution is 0.0949. The first-order valence-corrected chi connectivity index (χ1v) is 6.63. The van der Waals surface area contributed by atoms with Gasteiger partial charge < -0.3 is 10.4 Å². The first-order valence-electron chi connectivity index (χ1n) is 6.63. The maximum Gasteiger partial charge on any atom is 0.0597 e. The summed E-state index contributed by atoms with van der Waals surface area (Å²) < 4.78 is 0. The Hall–Kier alpha value is -0.120. The Morgan fingerprint density at radius 1 is 1.31 bits per heavy atom. The standard InChI is InChI=1S/C13H28N2O/c1-10(2)14-13(9-16)8-15-7-11(3)5-6-12(15)4/h10-14,16H,5-9H2,1-4H3. The summed E-state index contributed by atoms with van der Waals surface area (Å²) in [6, 6.07) is 1.32. The van der Waals surface area contributed by atoms with E-state index >= 15 is 0 Å². The predicted molar refractivity (Wildman–Crippen MR) is 68.6 cm³/mol. The van der Waals surface area contributed by atoms with Crippen LogP contribution in [0.3, 0.4) is 0 Å². The van der Waals surface area contributed by atoms with Crippen LogP contribution in [-0.4, -0.2) is 47.8 Å². The minimum Gasteiger partial charge on any atom is -0.395 e. The lowest BCUT2D eigenvalue weighted by Crippen LogP contribution is -2.51. The third kappa shape index (κ3) is 4.40. The molecule has 1 aliphatic heterocycles. The topological polar surface area (TPSA) is 35.5 Å². The molecule has 96 valence electrons. The SMILES string of the molecule is CC1CCC(C)N(CC(CO)NC(C)C)C1.